The molecule has 1 unspecified atom stereocenters. The van der Waals surface area contributed by atoms with Crippen molar-refractivity contribution in [1.29, 1.82) is 0 Å². The van der Waals surface area contributed by atoms with Crippen molar-refractivity contribution in [3.63, 3.8) is 0 Å². The molecule has 0 bridgehead atoms. The minimum atomic E-state index is 0.114. The second-order valence-electron chi connectivity index (χ2n) is 6.20. The summed E-state index contributed by atoms with van der Waals surface area (Å²) >= 11 is 7.62. The second kappa shape index (κ2) is 6.61. The number of hydrogen-bond acceptors (Lipinski definition) is 5. The summed E-state index contributed by atoms with van der Waals surface area (Å²) in [5, 5.41) is 4.16. The van der Waals surface area contributed by atoms with Crippen LogP contribution in [0.4, 0.5) is 5.82 Å². The van der Waals surface area contributed by atoms with E-state index in [1.165, 1.54) is 0 Å². The Morgan fingerprint density at radius 3 is 2.84 bits per heavy atom. The maximum atomic E-state index is 11.9. The third-order valence-corrected chi connectivity index (χ3v) is 5.87. The molecule has 1 aromatic carbocycles. The van der Waals surface area contributed by atoms with Crippen molar-refractivity contribution in [2.75, 3.05) is 18.9 Å². The normalized spacial score (nSPS) is 17.9. The van der Waals surface area contributed by atoms with Crippen LogP contribution in [0.2, 0.25) is 5.02 Å². The highest BCUT2D eigenvalue weighted by atomic mass is 35.5. The number of carbonyl (C=O) groups excluding carboxylic acids is 1. The summed E-state index contributed by atoms with van der Waals surface area (Å²) in [7, 11) is 1.85. The number of nitrogens with zero attached hydrogens (tertiary/aromatic N) is 3. The molecule has 0 aliphatic carbocycles. The fourth-order valence-electron chi connectivity index (χ4n) is 2.97. The summed E-state index contributed by atoms with van der Waals surface area (Å²) in [6.07, 6.45) is 2.99. The molecular weight excluding hydrogens is 356 g/mol. The molecule has 5 nitrogen and oxygen atoms in total. The van der Waals surface area contributed by atoms with Crippen molar-refractivity contribution in [1.82, 2.24) is 14.9 Å². The second-order valence-corrected chi connectivity index (χ2v) is 7.69. The molecule has 1 aliphatic rings. The van der Waals surface area contributed by atoms with E-state index in [2.05, 4.69) is 21.4 Å². The van der Waals surface area contributed by atoms with Gasteiger partial charge in [0.2, 0.25) is 5.91 Å². The summed E-state index contributed by atoms with van der Waals surface area (Å²) < 4.78 is 1.01. The molecule has 0 radical (unpaired) electrons. The fraction of sp³-hybridized carbons (Fsp3) is 0.278. The van der Waals surface area contributed by atoms with E-state index in [9.17, 15) is 4.79 Å². The molecule has 1 fully saturated rings. The number of rotatable bonds is 3. The van der Waals surface area contributed by atoms with Gasteiger partial charge in [0, 0.05) is 36.0 Å². The quantitative estimate of drug-likeness (QED) is 0.753. The SMILES string of the molecule is CN1CCC(Nc2ncnc3cc(-c4ccc(Cl)cc4)sc23)CC1=O. The highest BCUT2D eigenvalue weighted by Crippen LogP contribution is 2.36. The summed E-state index contributed by atoms with van der Waals surface area (Å²) in [5.41, 5.74) is 2.01. The number of likely N-dealkylation sites (tertiary alicyclic amines) is 1. The van der Waals surface area contributed by atoms with Crippen LogP contribution in [-0.4, -0.2) is 40.4 Å². The van der Waals surface area contributed by atoms with Gasteiger partial charge in [0.15, 0.2) is 0 Å². The van der Waals surface area contributed by atoms with E-state index < -0.39 is 0 Å². The molecule has 25 heavy (non-hydrogen) atoms. The van der Waals surface area contributed by atoms with Crippen LogP contribution in [0, 0.1) is 0 Å². The van der Waals surface area contributed by atoms with Crippen LogP contribution in [0.1, 0.15) is 12.8 Å². The minimum Gasteiger partial charge on any atom is -0.365 e. The number of anilines is 1. The lowest BCUT2D eigenvalue weighted by molar-refractivity contribution is -0.132. The van der Waals surface area contributed by atoms with Gasteiger partial charge in [0.05, 0.1) is 10.2 Å². The first-order valence-electron chi connectivity index (χ1n) is 8.11. The van der Waals surface area contributed by atoms with Gasteiger partial charge in [-0.25, -0.2) is 9.97 Å². The lowest BCUT2D eigenvalue weighted by atomic mass is 10.1. The third-order valence-electron chi connectivity index (χ3n) is 4.44. The lowest BCUT2D eigenvalue weighted by Crippen LogP contribution is -2.41. The first-order chi connectivity index (χ1) is 12.1. The molecule has 1 atom stereocenters. The fourth-order valence-corrected chi connectivity index (χ4v) is 4.17. The topological polar surface area (TPSA) is 58.1 Å². The van der Waals surface area contributed by atoms with Gasteiger partial charge in [-0.05, 0) is 30.2 Å². The van der Waals surface area contributed by atoms with Crippen molar-refractivity contribution in [3.8, 4) is 10.4 Å². The maximum Gasteiger partial charge on any atom is 0.224 e. The molecule has 1 saturated heterocycles. The molecule has 2 aromatic heterocycles. The van der Waals surface area contributed by atoms with Crippen molar-refractivity contribution in [2.24, 2.45) is 0 Å². The molecule has 128 valence electrons. The minimum absolute atomic E-state index is 0.114. The molecule has 1 aliphatic heterocycles. The van der Waals surface area contributed by atoms with E-state index in [-0.39, 0.29) is 11.9 Å². The van der Waals surface area contributed by atoms with Gasteiger partial charge < -0.3 is 10.2 Å². The first-order valence-corrected chi connectivity index (χ1v) is 9.30. The van der Waals surface area contributed by atoms with E-state index in [0.29, 0.717) is 6.42 Å². The number of carbonyl (C=O) groups is 1. The zero-order valence-corrected chi connectivity index (χ0v) is 15.3. The largest absolute Gasteiger partial charge is 0.365 e. The molecule has 3 heterocycles. The Labute approximate surface area is 154 Å². The smallest absolute Gasteiger partial charge is 0.224 e. The van der Waals surface area contributed by atoms with Gasteiger partial charge in [-0.2, -0.15) is 0 Å². The average Bonchev–Trinajstić information content (AvgIpc) is 3.04. The van der Waals surface area contributed by atoms with Crippen LogP contribution in [0.15, 0.2) is 36.7 Å². The maximum absolute atomic E-state index is 11.9. The average molecular weight is 373 g/mol. The Bertz CT molecular complexity index is 924. The summed E-state index contributed by atoms with van der Waals surface area (Å²) in [5.74, 6) is 0.972. The standard InChI is InChI=1S/C18H17ClN4OS/c1-23-7-6-13(8-16(23)24)22-18-17-14(20-10-21-18)9-15(25-17)11-2-4-12(19)5-3-11/h2-5,9-10,13H,6-8H2,1H3,(H,20,21,22). The van der Waals surface area contributed by atoms with Crippen molar-refractivity contribution >= 4 is 44.9 Å². The Morgan fingerprint density at radius 1 is 1.28 bits per heavy atom. The van der Waals surface area contributed by atoms with E-state index in [1.807, 2.05) is 31.3 Å². The van der Waals surface area contributed by atoms with Gasteiger partial charge in [-0.3, -0.25) is 4.79 Å². The van der Waals surface area contributed by atoms with Crippen LogP contribution in [0.5, 0.6) is 0 Å². The van der Waals surface area contributed by atoms with Gasteiger partial charge in [0.25, 0.3) is 0 Å². The van der Waals surface area contributed by atoms with Gasteiger partial charge in [-0.1, -0.05) is 23.7 Å². The molecular formula is C18H17ClN4OS. The Hall–Kier alpha value is -2.18. The predicted octanol–water partition coefficient (Wildman–Crippen LogP) is 4.04. The van der Waals surface area contributed by atoms with Crippen LogP contribution < -0.4 is 5.32 Å². The van der Waals surface area contributed by atoms with E-state index in [0.717, 1.165) is 44.5 Å². The number of aromatic nitrogens is 2. The number of benzene rings is 1. The first kappa shape index (κ1) is 16.3. The van der Waals surface area contributed by atoms with Gasteiger partial charge in [0.1, 0.15) is 12.1 Å². The molecule has 0 spiro atoms. The Morgan fingerprint density at radius 2 is 2.08 bits per heavy atom. The lowest BCUT2D eigenvalue weighted by Gasteiger charge is -2.29. The molecule has 1 amide bonds. The highest BCUT2D eigenvalue weighted by molar-refractivity contribution is 7.22. The van der Waals surface area contributed by atoms with Crippen molar-refractivity contribution in [3.05, 3.63) is 41.7 Å². The number of thiophene rings is 1. The molecule has 0 saturated carbocycles. The van der Waals surface area contributed by atoms with E-state index >= 15 is 0 Å². The Balaban J connectivity index is 1.64. The van der Waals surface area contributed by atoms with Crippen LogP contribution in [-0.2, 0) is 4.79 Å². The van der Waals surface area contributed by atoms with Crippen LogP contribution in [0.3, 0.4) is 0 Å². The van der Waals surface area contributed by atoms with Crippen LogP contribution >= 0.6 is 22.9 Å². The monoisotopic (exact) mass is 372 g/mol. The number of halogens is 1. The summed E-state index contributed by atoms with van der Waals surface area (Å²) in [6.45, 7) is 0.769. The summed E-state index contributed by atoms with van der Waals surface area (Å²) in [6, 6.07) is 9.96. The zero-order valence-electron chi connectivity index (χ0n) is 13.7. The molecule has 3 aromatic rings. The van der Waals surface area contributed by atoms with Gasteiger partial charge in [-0.15, -0.1) is 11.3 Å². The number of piperidine rings is 1. The third kappa shape index (κ3) is 3.32. The zero-order chi connectivity index (χ0) is 17.4. The predicted molar refractivity (Wildman–Crippen MR) is 102 cm³/mol. The summed E-state index contributed by atoms with van der Waals surface area (Å²) in [4.78, 5) is 23.6. The highest BCUT2D eigenvalue weighted by Gasteiger charge is 2.24. The van der Waals surface area contributed by atoms with Crippen molar-refractivity contribution in [2.45, 2.75) is 18.9 Å². The van der Waals surface area contributed by atoms with E-state index in [1.54, 1.807) is 22.6 Å². The Kier molecular flexibility index (Phi) is 4.31. The molecule has 1 N–H and O–H groups in total. The molecule has 7 heteroatoms. The van der Waals surface area contributed by atoms with Crippen LogP contribution in [0.25, 0.3) is 20.7 Å². The number of amides is 1. The van der Waals surface area contributed by atoms with E-state index in [4.69, 9.17) is 11.6 Å². The number of fused-ring (bicyclic) bond motifs is 1. The number of hydrogen-bond donors (Lipinski definition) is 1. The molecule has 4 rings (SSSR count). The number of nitrogens with one attached hydrogen (secondary N) is 1. The van der Waals surface area contributed by atoms with Gasteiger partial charge >= 0.3 is 0 Å². The van der Waals surface area contributed by atoms with Crippen molar-refractivity contribution < 1.29 is 4.79 Å².